The molecule has 0 fully saturated rings. The van der Waals surface area contributed by atoms with Crippen molar-refractivity contribution in [2.24, 2.45) is 7.05 Å². The number of aromatic nitrogens is 6. The van der Waals surface area contributed by atoms with Crippen LogP contribution in [0.25, 0.3) is 17.1 Å². The first-order valence-electron chi connectivity index (χ1n) is 9.90. The first kappa shape index (κ1) is 20.9. The summed E-state index contributed by atoms with van der Waals surface area (Å²) < 4.78 is 9.11. The zero-order valence-electron chi connectivity index (χ0n) is 18.2. The van der Waals surface area contributed by atoms with Crippen molar-refractivity contribution in [1.29, 1.82) is 5.26 Å². The molecule has 0 aliphatic heterocycles. The molecular formula is C23H21N7O2. The third-order valence-corrected chi connectivity index (χ3v) is 5.35. The minimum absolute atomic E-state index is 0.457. The number of aryl methyl sites for hydroxylation is 2. The summed E-state index contributed by atoms with van der Waals surface area (Å²) in [6.07, 6.45) is 2.74. The van der Waals surface area contributed by atoms with Crippen LogP contribution in [-0.2, 0) is 13.5 Å². The Bertz CT molecular complexity index is 1340. The molecule has 3 heterocycles. The maximum absolute atomic E-state index is 11.3. The van der Waals surface area contributed by atoms with Gasteiger partial charge in [-0.15, -0.1) is 0 Å². The summed E-state index contributed by atoms with van der Waals surface area (Å²) >= 11 is 0. The molecule has 0 aliphatic rings. The van der Waals surface area contributed by atoms with Crippen molar-refractivity contribution in [3.8, 4) is 28.9 Å². The van der Waals surface area contributed by atoms with E-state index in [4.69, 9.17) is 10.00 Å². The monoisotopic (exact) mass is 427 g/mol. The van der Waals surface area contributed by atoms with E-state index in [1.807, 2.05) is 32.2 Å². The normalized spacial score (nSPS) is 10.7. The van der Waals surface area contributed by atoms with E-state index in [0.717, 1.165) is 28.9 Å². The Morgan fingerprint density at radius 2 is 1.91 bits per heavy atom. The average molecular weight is 427 g/mol. The van der Waals surface area contributed by atoms with Gasteiger partial charge in [-0.05, 0) is 26.0 Å². The number of aldehydes is 1. The molecule has 0 aliphatic carbocycles. The molecule has 4 aromatic rings. The summed E-state index contributed by atoms with van der Waals surface area (Å²) in [6, 6.07) is 11.2. The van der Waals surface area contributed by atoms with Crippen molar-refractivity contribution in [2.45, 2.75) is 20.3 Å². The Hall–Kier alpha value is -4.32. The van der Waals surface area contributed by atoms with Crippen LogP contribution in [0.2, 0.25) is 0 Å². The fourth-order valence-electron chi connectivity index (χ4n) is 3.66. The quantitative estimate of drug-likeness (QED) is 0.435. The van der Waals surface area contributed by atoms with Gasteiger partial charge in [0, 0.05) is 25.1 Å². The summed E-state index contributed by atoms with van der Waals surface area (Å²) in [5, 5.41) is 18.1. The lowest BCUT2D eigenvalue weighted by atomic mass is 10.1. The van der Waals surface area contributed by atoms with E-state index in [9.17, 15) is 4.79 Å². The fourth-order valence-corrected chi connectivity index (χ4v) is 3.66. The molecule has 0 bridgehead atoms. The summed E-state index contributed by atoms with van der Waals surface area (Å²) in [6.45, 7) is 3.63. The standard InChI is InChI=1S/C23H21N7O2/c1-14-19(12-31)15(2)30(27-14)21-10-18(25-13-26-21)9-20-23(32-4)22(28-29(20)3)17-7-5-16(11-24)6-8-17/h5-8,10,12-13H,9H2,1-4H3. The van der Waals surface area contributed by atoms with Crippen LogP contribution >= 0.6 is 0 Å². The van der Waals surface area contributed by atoms with Gasteiger partial charge < -0.3 is 4.74 Å². The Morgan fingerprint density at radius 3 is 2.53 bits per heavy atom. The van der Waals surface area contributed by atoms with Gasteiger partial charge in [0.25, 0.3) is 0 Å². The molecule has 160 valence electrons. The van der Waals surface area contributed by atoms with E-state index in [1.165, 1.54) is 6.33 Å². The lowest BCUT2D eigenvalue weighted by Gasteiger charge is -2.08. The molecule has 4 rings (SSSR count). The van der Waals surface area contributed by atoms with Gasteiger partial charge in [-0.25, -0.2) is 14.6 Å². The second kappa shape index (κ2) is 8.43. The van der Waals surface area contributed by atoms with Crippen LogP contribution in [0.1, 0.15) is 38.7 Å². The van der Waals surface area contributed by atoms with Crippen LogP contribution in [0.5, 0.6) is 5.75 Å². The molecule has 0 radical (unpaired) electrons. The zero-order chi connectivity index (χ0) is 22.8. The Balaban J connectivity index is 1.71. The molecule has 9 heteroatoms. The van der Waals surface area contributed by atoms with E-state index in [2.05, 4.69) is 26.2 Å². The number of hydrogen-bond donors (Lipinski definition) is 0. The van der Waals surface area contributed by atoms with Crippen molar-refractivity contribution >= 4 is 6.29 Å². The highest BCUT2D eigenvalue weighted by molar-refractivity contribution is 5.78. The minimum atomic E-state index is 0.457. The molecular weight excluding hydrogens is 406 g/mol. The van der Waals surface area contributed by atoms with Gasteiger partial charge in [0.05, 0.1) is 47.1 Å². The van der Waals surface area contributed by atoms with E-state index in [0.29, 0.717) is 40.5 Å². The Labute approximate surface area is 184 Å². The molecule has 0 N–H and O–H groups in total. The predicted molar refractivity (Wildman–Crippen MR) is 117 cm³/mol. The molecule has 0 unspecified atom stereocenters. The summed E-state index contributed by atoms with van der Waals surface area (Å²) in [7, 11) is 3.46. The van der Waals surface area contributed by atoms with Crippen molar-refractivity contribution in [2.75, 3.05) is 7.11 Å². The maximum Gasteiger partial charge on any atom is 0.168 e. The second-order valence-electron chi connectivity index (χ2n) is 7.30. The lowest BCUT2D eigenvalue weighted by Crippen LogP contribution is -2.06. The highest BCUT2D eigenvalue weighted by Gasteiger charge is 2.20. The van der Waals surface area contributed by atoms with Gasteiger partial charge in [0.1, 0.15) is 12.0 Å². The molecule has 32 heavy (non-hydrogen) atoms. The number of nitrogens with zero attached hydrogens (tertiary/aromatic N) is 7. The van der Waals surface area contributed by atoms with Crippen LogP contribution in [-0.4, -0.2) is 42.9 Å². The van der Waals surface area contributed by atoms with Crippen molar-refractivity contribution in [1.82, 2.24) is 29.5 Å². The van der Waals surface area contributed by atoms with E-state index in [1.54, 1.807) is 35.5 Å². The van der Waals surface area contributed by atoms with Crippen molar-refractivity contribution < 1.29 is 9.53 Å². The van der Waals surface area contributed by atoms with Gasteiger partial charge in [0.2, 0.25) is 0 Å². The molecule has 1 aromatic carbocycles. The number of hydrogen-bond acceptors (Lipinski definition) is 7. The topological polar surface area (TPSA) is 112 Å². The average Bonchev–Trinajstić information content (AvgIpc) is 3.28. The minimum Gasteiger partial charge on any atom is -0.492 e. The van der Waals surface area contributed by atoms with Crippen LogP contribution in [0.15, 0.2) is 36.7 Å². The van der Waals surface area contributed by atoms with E-state index < -0.39 is 0 Å². The van der Waals surface area contributed by atoms with E-state index in [-0.39, 0.29) is 0 Å². The first-order chi connectivity index (χ1) is 15.5. The molecule has 0 amide bonds. The lowest BCUT2D eigenvalue weighted by molar-refractivity contribution is 0.112. The molecule has 0 spiro atoms. The number of ether oxygens (including phenoxy) is 1. The largest absolute Gasteiger partial charge is 0.492 e. The van der Waals surface area contributed by atoms with Crippen LogP contribution in [0.3, 0.4) is 0 Å². The van der Waals surface area contributed by atoms with Gasteiger partial charge in [0.15, 0.2) is 17.9 Å². The van der Waals surface area contributed by atoms with Crippen LogP contribution in [0.4, 0.5) is 0 Å². The number of rotatable bonds is 6. The smallest absolute Gasteiger partial charge is 0.168 e. The number of methoxy groups -OCH3 is 1. The van der Waals surface area contributed by atoms with Crippen molar-refractivity contribution in [3.05, 3.63) is 70.6 Å². The number of carbonyl (C=O) groups excluding carboxylic acids is 1. The molecule has 3 aromatic heterocycles. The molecule has 9 nitrogen and oxygen atoms in total. The van der Waals surface area contributed by atoms with Crippen LogP contribution < -0.4 is 4.74 Å². The SMILES string of the molecule is COc1c(-c2ccc(C#N)cc2)nn(C)c1Cc1cc(-n2nc(C)c(C=O)c2C)ncn1. The predicted octanol–water partition coefficient (Wildman–Crippen LogP) is 2.96. The van der Waals surface area contributed by atoms with Gasteiger partial charge in [-0.2, -0.15) is 15.5 Å². The van der Waals surface area contributed by atoms with E-state index >= 15 is 0 Å². The molecule has 0 saturated carbocycles. The fraction of sp³-hybridized carbons (Fsp3) is 0.217. The van der Waals surface area contributed by atoms with Gasteiger partial charge in [-0.1, -0.05) is 12.1 Å². The van der Waals surface area contributed by atoms with Crippen LogP contribution in [0, 0.1) is 25.2 Å². The third kappa shape index (κ3) is 3.63. The molecule has 0 saturated heterocycles. The number of benzene rings is 1. The summed E-state index contributed by atoms with van der Waals surface area (Å²) in [5.41, 5.74) is 5.67. The summed E-state index contributed by atoms with van der Waals surface area (Å²) in [5.74, 6) is 1.23. The zero-order valence-corrected chi connectivity index (χ0v) is 18.2. The second-order valence-corrected chi connectivity index (χ2v) is 7.30. The highest BCUT2D eigenvalue weighted by Crippen LogP contribution is 2.33. The van der Waals surface area contributed by atoms with Gasteiger partial charge in [-0.3, -0.25) is 9.48 Å². The Kier molecular flexibility index (Phi) is 5.52. The first-order valence-corrected chi connectivity index (χ1v) is 9.90. The third-order valence-electron chi connectivity index (χ3n) is 5.35. The van der Waals surface area contributed by atoms with Gasteiger partial charge >= 0.3 is 0 Å². The van der Waals surface area contributed by atoms with Crippen molar-refractivity contribution in [3.63, 3.8) is 0 Å². The molecule has 0 atom stereocenters. The highest BCUT2D eigenvalue weighted by atomic mass is 16.5. The summed E-state index contributed by atoms with van der Waals surface area (Å²) in [4.78, 5) is 20.1. The Morgan fingerprint density at radius 1 is 1.16 bits per heavy atom. The maximum atomic E-state index is 11.3. The number of carbonyl (C=O) groups is 1. The number of nitriles is 1.